The Hall–Kier alpha value is -0.760. The van der Waals surface area contributed by atoms with Crippen LogP contribution in [0.3, 0.4) is 0 Å². The van der Waals surface area contributed by atoms with E-state index in [9.17, 15) is 0 Å². The molecule has 1 aromatic rings. The molecule has 78 valence electrons. The molecule has 1 aromatic heterocycles. The van der Waals surface area contributed by atoms with E-state index in [0.717, 1.165) is 6.54 Å². The van der Waals surface area contributed by atoms with Crippen molar-refractivity contribution in [2.45, 2.75) is 38.8 Å². The number of rotatable bonds is 3. The van der Waals surface area contributed by atoms with Crippen LogP contribution >= 0.6 is 0 Å². The van der Waals surface area contributed by atoms with Gasteiger partial charge in [0.1, 0.15) is 0 Å². The van der Waals surface area contributed by atoms with E-state index in [2.05, 4.69) is 49.5 Å². The lowest BCUT2D eigenvalue weighted by atomic mass is 10.2. The van der Waals surface area contributed by atoms with Crippen LogP contribution in [0.5, 0.6) is 0 Å². The second-order valence-electron chi connectivity index (χ2n) is 4.82. The quantitative estimate of drug-likeness (QED) is 0.713. The van der Waals surface area contributed by atoms with Crippen LogP contribution in [-0.4, -0.2) is 29.1 Å². The molecule has 1 aliphatic rings. The fraction of sp³-hybridized carbons (Fsp3) is 0.667. The number of hydrogen-bond acceptors (Lipinski definition) is 1. The van der Waals surface area contributed by atoms with Gasteiger partial charge in [-0.15, -0.1) is 0 Å². The third-order valence-corrected chi connectivity index (χ3v) is 3.65. The Morgan fingerprint density at radius 3 is 2.07 bits per heavy atom. The second-order valence-corrected chi connectivity index (χ2v) is 4.82. The van der Waals surface area contributed by atoms with Crippen LogP contribution in [0.2, 0.25) is 0 Å². The maximum absolute atomic E-state index is 2.44. The van der Waals surface area contributed by atoms with Crippen molar-refractivity contribution in [1.29, 1.82) is 0 Å². The molecule has 1 fully saturated rings. The van der Waals surface area contributed by atoms with E-state index >= 15 is 0 Å². The molecule has 0 atom stereocenters. The molecule has 2 heteroatoms. The fourth-order valence-electron chi connectivity index (χ4n) is 2.13. The summed E-state index contributed by atoms with van der Waals surface area (Å²) >= 11 is 0. The van der Waals surface area contributed by atoms with Crippen molar-refractivity contribution in [2.24, 2.45) is 0 Å². The lowest BCUT2D eigenvalue weighted by molar-refractivity contribution is 0.239. The van der Waals surface area contributed by atoms with Crippen LogP contribution < -0.4 is 0 Å². The van der Waals surface area contributed by atoms with E-state index in [1.54, 1.807) is 0 Å². The van der Waals surface area contributed by atoms with Crippen molar-refractivity contribution in [3.63, 3.8) is 0 Å². The molecule has 1 saturated carbocycles. The molecule has 2 rings (SSSR count). The predicted molar refractivity (Wildman–Crippen MR) is 59.6 cm³/mol. The van der Waals surface area contributed by atoms with Gasteiger partial charge in [0.2, 0.25) is 0 Å². The normalized spacial score (nSPS) is 18.9. The highest BCUT2D eigenvalue weighted by atomic mass is 15.2. The minimum atomic E-state index is 0.453. The topological polar surface area (TPSA) is 8.17 Å². The Bertz CT molecular complexity index is 313. The van der Waals surface area contributed by atoms with Crippen LogP contribution in [-0.2, 0) is 6.54 Å². The van der Waals surface area contributed by atoms with E-state index in [-0.39, 0.29) is 0 Å². The molecule has 0 unspecified atom stereocenters. The van der Waals surface area contributed by atoms with Crippen LogP contribution in [0.1, 0.15) is 24.2 Å². The van der Waals surface area contributed by atoms with Gasteiger partial charge in [0, 0.05) is 23.5 Å². The van der Waals surface area contributed by atoms with E-state index in [1.165, 1.54) is 24.2 Å². The monoisotopic (exact) mass is 192 g/mol. The van der Waals surface area contributed by atoms with Crippen molar-refractivity contribution in [1.82, 2.24) is 9.47 Å². The molecule has 0 amide bonds. The Morgan fingerprint density at radius 2 is 1.71 bits per heavy atom. The SMILES string of the molecule is Cc1ccc(C)n1CC1(N(C)C)CC1. The van der Waals surface area contributed by atoms with Crippen LogP contribution in [0.25, 0.3) is 0 Å². The molecule has 0 saturated heterocycles. The zero-order chi connectivity index (χ0) is 10.3. The third kappa shape index (κ3) is 1.48. The van der Waals surface area contributed by atoms with Gasteiger partial charge in [-0.05, 0) is 52.9 Å². The summed E-state index contributed by atoms with van der Waals surface area (Å²) in [5.74, 6) is 0. The largest absolute Gasteiger partial charge is 0.347 e. The Balaban J connectivity index is 2.19. The first-order chi connectivity index (χ1) is 6.55. The molecule has 0 aliphatic heterocycles. The summed E-state index contributed by atoms with van der Waals surface area (Å²) in [6.07, 6.45) is 2.69. The first kappa shape index (κ1) is 9.78. The smallest absolute Gasteiger partial charge is 0.0409 e. The van der Waals surface area contributed by atoms with Crippen molar-refractivity contribution < 1.29 is 0 Å². The summed E-state index contributed by atoms with van der Waals surface area (Å²) in [5, 5.41) is 0. The molecule has 0 N–H and O–H groups in total. The second kappa shape index (κ2) is 3.13. The van der Waals surface area contributed by atoms with Gasteiger partial charge >= 0.3 is 0 Å². The molecule has 0 spiro atoms. The van der Waals surface area contributed by atoms with Crippen molar-refractivity contribution >= 4 is 0 Å². The Morgan fingerprint density at radius 1 is 1.21 bits per heavy atom. The maximum atomic E-state index is 2.44. The maximum Gasteiger partial charge on any atom is 0.0409 e. The molecule has 0 aromatic carbocycles. The Labute approximate surface area is 86.5 Å². The number of hydrogen-bond donors (Lipinski definition) is 0. The van der Waals surface area contributed by atoms with Gasteiger partial charge in [-0.25, -0.2) is 0 Å². The van der Waals surface area contributed by atoms with E-state index < -0.39 is 0 Å². The number of likely N-dealkylation sites (N-methyl/N-ethyl adjacent to an activating group) is 1. The molecular formula is C12H20N2. The van der Waals surface area contributed by atoms with E-state index in [0.29, 0.717) is 5.54 Å². The highest BCUT2D eigenvalue weighted by Crippen LogP contribution is 2.42. The van der Waals surface area contributed by atoms with Gasteiger partial charge < -0.3 is 9.47 Å². The van der Waals surface area contributed by atoms with Gasteiger partial charge in [-0.2, -0.15) is 0 Å². The molecular weight excluding hydrogens is 172 g/mol. The van der Waals surface area contributed by atoms with Gasteiger partial charge in [-0.3, -0.25) is 0 Å². The van der Waals surface area contributed by atoms with Crippen LogP contribution in [0.4, 0.5) is 0 Å². The van der Waals surface area contributed by atoms with Crippen molar-refractivity contribution in [3.05, 3.63) is 23.5 Å². The molecule has 0 bridgehead atoms. The number of nitrogens with zero attached hydrogens (tertiary/aromatic N) is 2. The molecule has 14 heavy (non-hydrogen) atoms. The highest BCUT2D eigenvalue weighted by Gasteiger charge is 2.45. The first-order valence-corrected chi connectivity index (χ1v) is 5.35. The third-order valence-electron chi connectivity index (χ3n) is 3.65. The summed E-state index contributed by atoms with van der Waals surface area (Å²) in [4.78, 5) is 2.38. The molecule has 2 nitrogen and oxygen atoms in total. The highest BCUT2D eigenvalue weighted by molar-refractivity contribution is 5.16. The molecule has 0 radical (unpaired) electrons. The van der Waals surface area contributed by atoms with Crippen molar-refractivity contribution in [3.8, 4) is 0 Å². The number of aryl methyl sites for hydroxylation is 2. The minimum Gasteiger partial charge on any atom is -0.347 e. The van der Waals surface area contributed by atoms with Gasteiger partial charge in [0.25, 0.3) is 0 Å². The summed E-state index contributed by atoms with van der Waals surface area (Å²) < 4.78 is 2.44. The lowest BCUT2D eigenvalue weighted by Gasteiger charge is -2.25. The average Bonchev–Trinajstić information content (AvgIpc) is 2.84. The molecule has 1 aliphatic carbocycles. The Kier molecular flexibility index (Phi) is 2.18. The summed E-state index contributed by atoms with van der Waals surface area (Å²) in [6, 6.07) is 4.42. The first-order valence-electron chi connectivity index (χ1n) is 5.35. The average molecular weight is 192 g/mol. The zero-order valence-corrected chi connectivity index (χ0v) is 9.67. The fourth-order valence-corrected chi connectivity index (χ4v) is 2.13. The predicted octanol–water partition coefficient (Wildman–Crippen LogP) is 2.20. The van der Waals surface area contributed by atoms with Crippen molar-refractivity contribution in [2.75, 3.05) is 14.1 Å². The summed E-state index contributed by atoms with van der Waals surface area (Å²) in [6.45, 7) is 5.54. The van der Waals surface area contributed by atoms with Crippen LogP contribution in [0, 0.1) is 13.8 Å². The van der Waals surface area contributed by atoms with E-state index in [4.69, 9.17) is 0 Å². The van der Waals surface area contributed by atoms with E-state index in [1.807, 2.05) is 0 Å². The van der Waals surface area contributed by atoms with Gasteiger partial charge in [-0.1, -0.05) is 0 Å². The van der Waals surface area contributed by atoms with Gasteiger partial charge in [0.05, 0.1) is 0 Å². The summed E-state index contributed by atoms with van der Waals surface area (Å²) in [7, 11) is 4.39. The zero-order valence-electron chi connectivity index (χ0n) is 9.67. The van der Waals surface area contributed by atoms with Crippen LogP contribution in [0.15, 0.2) is 12.1 Å². The number of aromatic nitrogens is 1. The van der Waals surface area contributed by atoms with Gasteiger partial charge in [0.15, 0.2) is 0 Å². The summed E-state index contributed by atoms with van der Waals surface area (Å²) in [5.41, 5.74) is 3.22. The molecule has 1 heterocycles. The minimum absolute atomic E-state index is 0.453. The standard InChI is InChI=1S/C12H20N2/c1-10-5-6-11(2)14(10)9-12(7-8-12)13(3)4/h5-6H,7-9H2,1-4H3. The lowest BCUT2D eigenvalue weighted by Crippen LogP contribution is -2.34.